The first-order chi connectivity index (χ1) is 16.5. The molecule has 3 fully saturated rings. The highest BCUT2D eigenvalue weighted by atomic mass is 19.4. The lowest BCUT2D eigenvalue weighted by atomic mass is 9.85. The van der Waals surface area contributed by atoms with Gasteiger partial charge in [-0.25, -0.2) is 0 Å². The van der Waals surface area contributed by atoms with Crippen LogP contribution >= 0.6 is 0 Å². The highest BCUT2D eigenvalue weighted by molar-refractivity contribution is 5.95. The Morgan fingerprint density at radius 1 is 1.22 bits per heavy atom. The molecular weight excluding hydrogens is 479 g/mol. The lowest BCUT2D eigenvalue weighted by molar-refractivity contribution is -0.176. The molecular formula is C24H34F3N5O4. The molecule has 4 amide bonds. The topological polar surface area (TPSA) is 131 Å². The van der Waals surface area contributed by atoms with Crippen molar-refractivity contribution in [2.24, 2.45) is 28.6 Å². The van der Waals surface area contributed by atoms with Crippen molar-refractivity contribution < 1.29 is 32.3 Å². The number of alkyl halides is 3. The van der Waals surface area contributed by atoms with Gasteiger partial charge in [-0.05, 0) is 41.9 Å². The standard InChI is InChI=1S/C24H34F3N5O4/c1-22(2,3)17(31-21(36)24(25,26)27)20(35)32-11-14-15(23(14,4)5)16(32)19(34)30-13(10-28)9-12-7-6-8-29-18(12)33/h12-17H,6-9,11H2,1-5H3,(H,29,33)(H,30,34)(H,31,36)/t12-,13-,14-,15-,16-,17+/m0/s1. The number of likely N-dealkylation sites (tertiary alicyclic amines) is 1. The number of rotatable bonds is 6. The normalized spacial score (nSPS) is 28.8. The zero-order chi connectivity index (χ0) is 27.2. The van der Waals surface area contributed by atoms with Gasteiger partial charge in [0.05, 0.1) is 6.07 Å². The second kappa shape index (κ2) is 9.56. The van der Waals surface area contributed by atoms with Crippen molar-refractivity contribution in [3.05, 3.63) is 0 Å². The van der Waals surface area contributed by atoms with Crippen LogP contribution in [0.4, 0.5) is 13.2 Å². The van der Waals surface area contributed by atoms with E-state index in [1.54, 1.807) is 0 Å². The summed E-state index contributed by atoms with van der Waals surface area (Å²) in [5.41, 5.74) is -1.33. The van der Waals surface area contributed by atoms with Gasteiger partial charge in [-0.1, -0.05) is 34.6 Å². The zero-order valence-corrected chi connectivity index (χ0v) is 21.2. The molecule has 2 aliphatic heterocycles. The highest BCUT2D eigenvalue weighted by Crippen LogP contribution is 2.65. The van der Waals surface area contributed by atoms with Crippen molar-refractivity contribution in [3.63, 3.8) is 0 Å². The molecule has 1 saturated carbocycles. The van der Waals surface area contributed by atoms with Crippen LogP contribution in [-0.2, 0) is 19.2 Å². The molecule has 0 aromatic carbocycles. The minimum absolute atomic E-state index is 0.0409. The Kier molecular flexibility index (Phi) is 7.37. The van der Waals surface area contributed by atoms with E-state index in [1.165, 1.54) is 25.7 Å². The van der Waals surface area contributed by atoms with Crippen LogP contribution in [0.1, 0.15) is 53.9 Å². The Morgan fingerprint density at radius 2 is 1.86 bits per heavy atom. The summed E-state index contributed by atoms with van der Waals surface area (Å²) in [5, 5.41) is 16.8. The Hall–Kier alpha value is -2.84. The lowest BCUT2D eigenvalue weighted by Gasteiger charge is -2.38. The van der Waals surface area contributed by atoms with Crippen LogP contribution in [0.3, 0.4) is 0 Å². The number of hydrogen-bond donors (Lipinski definition) is 3. The van der Waals surface area contributed by atoms with E-state index in [4.69, 9.17) is 0 Å². The van der Waals surface area contributed by atoms with Crippen LogP contribution in [0.5, 0.6) is 0 Å². The third-order valence-corrected chi connectivity index (χ3v) is 7.80. The third kappa shape index (κ3) is 5.44. The summed E-state index contributed by atoms with van der Waals surface area (Å²) in [7, 11) is 0. The van der Waals surface area contributed by atoms with Crippen molar-refractivity contribution in [1.82, 2.24) is 20.9 Å². The Morgan fingerprint density at radius 3 is 2.39 bits per heavy atom. The maximum Gasteiger partial charge on any atom is 0.471 e. The maximum atomic E-state index is 13.5. The molecule has 2 saturated heterocycles. The molecule has 0 bridgehead atoms. The van der Waals surface area contributed by atoms with Gasteiger partial charge in [0, 0.05) is 19.0 Å². The highest BCUT2D eigenvalue weighted by Gasteiger charge is 2.70. The summed E-state index contributed by atoms with van der Waals surface area (Å²) in [6.07, 6.45) is -3.68. The van der Waals surface area contributed by atoms with E-state index in [9.17, 15) is 37.6 Å². The van der Waals surface area contributed by atoms with Crippen LogP contribution in [0.25, 0.3) is 0 Å². The number of nitrogens with one attached hydrogen (secondary N) is 3. The molecule has 1 aliphatic carbocycles. The van der Waals surface area contributed by atoms with Crippen molar-refractivity contribution in [3.8, 4) is 6.07 Å². The first kappa shape index (κ1) is 27.7. The fourth-order valence-electron chi connectivity index (χ4n) is 5.59. The summed E-state index contributed by atoms with van der Waals surface area (Å²) in [6, 6.07) is -1.47. The Labute approximate surface area is 208 Å². The summed E-state index contributed by atoms with van der Waals surface area (Å²) in [5.74, 6) is -4.46. The number of amides is 4. The van der Waals surface area contributed by atoms with Gasteiger partial charge in [0.25, 0.3) is 0 Å². The predicted molar refractivity (Wildman–Crippen MR) is 122 cm³/mol. The maximum absolute atomic E-state index is 13.5. The number of nitrogens with zero attached hydrogens (tertiary/aromatic N) is 2. The smallest absolute Gasteiger partial charge is 0.356 e. The summed E-state index contributed by atoms with van der Waals surface area (Å²) >= 11 is 0. The van der Waals surface area contributed by atoms with E-state index in [0.717, 1.165) is 6.42 Å². The van der Waals surface area contributed by atoms with E-state index < -0.39 is 53.4 Å². The third-order valence-electron chi connectivity index (χ3n) is 7.80. The van der Waals surface area contributed by atoms with Gasteiger partial charge in [0.2, 0.25) is 17.7 Å². The van der Waals surface area contributed by atoms with Gasteiger partial charge in [-0.15, -0.1) is 0 Å². The Bertz CT molecular complexity index is 968. The van der Waals surface area contributed by atoms with Gasteiger partial charge in [-0.2, -0.15) is 18.4 Å². The molecule has 3 N–H and O–H groups in total. The molecule has 0 aromatic heterocycles. The van der Waals surface area contributed by atoms with E-state index in [-0.39, 0.29) is 36.1 Å². The molecule has 3 rings (SSSR count). The fourth-order valence-corrected chi connectivity index (χ4v) is 5.59. The van der Waals surface area contributed by atoms with Crippen LogP contribution in [0, 0.1) is 39.9 Å². The van der Waals surface area contributed by atoms with E-state index in [0.29, 0.717) is 13.0 Å². The molecule has 0 unspecified atom stereocenters. The average Bonchev–Trinajstić information content (AvgIpc) is 3.09. The Balaban J connectivity index is 1.80. The average molecular weight is 514 g/mol. The van der Waals surface area contributed by atoms with Crippen LogP contribution in [0.15, 0.2) is 0 Å². The molecule has 3 aliphatic rings. The van der Waals surface area contributed by atoms with Gasteiger partial charge < -0.3 is 20.9 Å². The van der Waals surface area contributed by atoms with E-state index in [1.807, 2.05) is 25.2 Å². The first-order valence-electron chi connectivity index (χ1n) is 12.2. The van der Waals surface area contributed by atoms with Crippen LogP contribution in [0.2, 0.25) is 0 Å². The summed E-state index contributed by atoms with van der Waals surface area (Å²) in [6.45, 7) is 9.22. The van der Waals surface area contributed by atoms with Crippen LogP contribution < -0.4 is 16.0 Å². The number of hydrogen-bond acceptors (Lipinski definition) is 5. The van der Waals surface area contributed by atoms with Crippen LogP contribution in [-0.4, -0.2) is 65.9 Å². The minimum Gasteiger partial charge on any atom is -0.356 e. The van der Waals surface area contributed by atoms with Crippen molar-refractivity contribution in [1.29, 1.82) is 5.26 Å². The molecule has 2 heterocycles. The second-order valence-corrected chi connectivity index (χ2v) is 11.7. The molecule has 12 heteroatoms. The van der Waals surface area contributed by atoms with Crippen molar-refractivity contribution >= 4 is 23.6 Å². The minimum atomic E-state index is -5.17. The molecule has 0 aromatic rings. The van der Waals surface area contributed by atoms with Gasteiger partial charge in [-0.3, -0.25) is 19.2 Å². The van der Waals surface area contributed by atoms with Gasteiger partial charge in [0.1, 0.15) is 18.1 Å². The second-order valence-electron chi connectivity index (χ2n) is 11.7. The van der Waals surface area contributed by atoms with Crippen molar-refractivity contribution in [2.75, 3.05) is 13.1 Å². The fraction of sp³-hybridized carbons (Fsp3) is 0.792. The molecule has 200 valence electrons. The number of piperidine rings is 2. The van der Waals surface area contributed by atoms with Gasteiger partial charge >= 0.3 is 12.1 Å². The molecule has 36 heavy (non-hydrogen) atoms. The van der Waals surface area contributed by atoms with Gasteiger partial charge in [0.15, 0.2) is 0 Å². The van der Waals surface area contributed by atoms with Crippen molar-refractivity contribution in [2.45, 2.75) is 78.2 Å². The number of carbonyl (C=O) groups excluding carboxylic acids is 4. The monoisotopic (exact) mass is 513 g/mol. The largest absolute Gasteiger partial charge is 0.471 e. The molecule has 0 spiro atoms. The number of nitriles is 1. The van der Waals surface area contributed by atoms with E-state index in [2.05, 4.69) is 10.6 Å². The zero-order valence-electron chi connectivity index (χ0n) is 21.2. The SMILES string of the molecule is CC(C)(C)[C@H](NC(=O)C(F)(F)F)C(=O)N1C[C@H]2[C@@H]([C@H]1C(=O)N[C@H](C#N)C[C@@H]1CCCNC1=O)C2(C)C. The predicted octanol–water partition coefficient (Wildman–Crippen LogP) is 1.49. The number of carbonyl (C=O) groups is 4. The number of fused-ring (bicyclic) bond motifs is 1. The summed E-state index contributed by atoms with van der Waals surface area (Å²) < 4.78 is 38.9. The van der Waals surface area contributed by atoms with E-state index >= 15 is 0 Å². The first-order valence-corrected chi connectivity index (χ1v) is 12.2. The lowest BCUT2D eigenvalue weighted by Crippen LogP contribution is -2.61. The number of halogens is 3. The quantitative estimate of drug-likeness (QED) is 0.495. The molecule has 6 atom stereocenters. The molecule has 0 radical (unpaired) electrons. The summed E-state index contributed by atoms with van der Waals surface area (Å²) in [4.78, 5) is 51.9. The molecule has 9 nitrogen and oxygen atoms in total.